The summed E-state index contributed by atoms with van der Waals surface area (Å²) in [6.07, 6.45) is 1.96. The maximum absolute atomic E-state index is 14.7. The highest BCUT2D eigenvalue weighted by Gasteiger charge is 2.45. The molecule has 47 heavy (non-hydrogen) atoms. The molecule has 10 nitrogen and oxygen atoms in total. The van der Waals surface area contributed by atoms with Crippen LogP contribution in [0.1, 0.15) is 92.3 Å². The second-order valence-electron chi connectivity index (χ2n) is 14.1. The molecular formula is C36H53N3O7S. The molecule has 0 aliphatic rings. The van der Waals surface area contributed by atoms with Gasteiger partial charge in [0.25, 0.3) is 0 Å². The van der Waals surface area contributed by atoms with Gasteiger partial charge in [0.05, 0.1) is 0 Å². The predicted molar refractivity (Wildman–Crippen MR) is 186 cm³/mol. The molecule has 2 aromatic carbocycles. The van der Waals surface area contributed by atoms with Crippen LogP contribution in [-0.4, -0.2) is 74.7 Å². The van der Waals surface area contributed by atoms with Crippen LogP contribution in [0.25, 0.3) is 0 Å². The third kappa shape index (κ3) is 12.4. The summed E-state index contributed by atoms with van der Waals surface area (Å²) in [4.78, 5) is 57.1. The van der Waals surface area contributed by atoms with Crippen LogP contribution in [0.4, 0.5) is 4.79 Å². The molecule has 2 rings (SSSR count). The van der Waals surface area contributed by atoms with Gasteiger partial charge in [-0.05, 0) is 91.9 Å². The number of aromatic hydroxyl groups is 1. The molecule has 3 N–H and O–H groups in total. The molecule has 3 atom stereocenters. The Bertz CT molecular complexity index is 1350. The Morgan fingerprint density at radius 1 is 0.830 bits per heavy atom. The van der Waals surface area contributed by atoms with Crippen molar-refractivity contribution in [2.45, 2.75) is 116 Å². The average molecular weight is 672 g/mol. The van der Waals surface area contributed by atoms with Gasteiger partial charge in [-0.3, -0.25) is 9.59 Å². The molecule has 0 aliphatic heterocycles. The number of ether oxygens (including phenoxy) is 2. The highest BCUT2D eigenvalue weighted by molar-refractivity contribution is 7.98. The van der Waals surface area contributed by atoms with Crippen LogP contribution in [0.3, 0.4) is 0 Å². The fourth-order valence-corrected chi connectivity index (χ4v) is 5.31. The minimum absolute atomic E-state index is 0.136. The van der Waals surface area contributed by atoms with Gasteiger partial charge in [-0.15, -0.1) is 0 Å². The number of hydrogen-bond donors (Lipinski definition) is 3. The highest BCUT2D eigenvalue weighted by Crippen LogP contribution is 2.36. The molecule has 260 valence electrons. The SMILES string of the molecule is CCC(C)(C)N(C(=O)C(CCSC)NC(=O)OC(C)(C)C)C(C(=O)NC(Cc1ccccc1)C(=O)OC(C)(C)C)c1ccccc1O. The number of carbonyl (C=O) groups excluding carboxylic acids is 4. The zero-order valence-corrected chi connectivity index (χ0v) is 30.3. The van der Waals surface area contributed by atoms with Crippen molar-refractivity contribution in [2.75, 3.05) is 12.0 Å². The molecule has 0 aliphatic carbocycles. The lowest BCUT2D eigenvalue weighted by Gasteiger charge is -2.45. The topological polar surface area (TPSA) is 134 Å². The number of para-hydroxylation sites is 1. The Morgan fingerprint density at radius 2 is 1.40 bits per heavy atom. The zero-order valence-electron chi connectivity index (χ0n) is 29.5. The van der Waals surface area contributed by atoms with Crippen molar-refractivity contribution in [3.8, 4) is 5.75 Å². The van der Waals surface area contributed by atoms with E-state index in [2.05, 4.69) is 10.6 Å². The van der Waals surface area contributed by atoms with E-state index >= 15 is 0 Å². The molecule has 0 saturated carbocycles. The smallest absolute Gasteiger partial charge is 0.408 e. The summed E-state index contributed by atoms with van der Waals surface area (Å²) in [5.41, 5.74) is -1.60. The van der Waals surface area contributed by atoms with Gasteiger partial charge in [0.2, 0.25) is 11.8 Å². The number of amides is 3. The molecule has 0 fully saturated rings. The first-order valence-corrected chi connectivity index (χ1v) is 17.4. The van der Waals surface area contributed by atoms with Crippen LogP contribution in [0.2, 0.25) is 0 Å². The summed E-state index contributed by atoms with van der Waals surface area (Å²) in [6.45, 7) is 15.9. The van der Waals surface area contributed by atoms with Gasteiger partial charge >= 0.3 is 12.1 Å². The Morgan fingerprint density at radius 3 is 1.94 bits per heavy atom. The number of nitrogens with one attached hydrogen (secondary N) is 2. The number of hydrogen-bond acceptors (Lipinski definition) is 8. The van der Waals surface area contributed by atoms with Crippen molar-refractivity contribution in [3.63, 3.8) is 0 Å². The van der Waals surface area contributed by atoms with Crippen molar-refractivity contribution in [1.29, 1.82) is 0 Å². The summed E-state index contributed by atoms with van der Waals surface area (Å²) in [7, 11) is 0. The molecule has 0 spiro atoms. The van der Waals surface area contributed by atoms with E-state index in [0.29, 0.717) is 12.2 Å². The number of phenols is 1. The van der Waals surface area contributed by atoms with Gasteiger partial charge in [0.1, 0.15) is 35.1 Å². The average Bonchev–Trinajstić information content (AvgIpc) is 2.96. The van der Waals surface area contributed by atoms with Gasteiger partial charge in [-0.2, -0.15) is 11.8 Å². The van der Waals surface area contributed by atoms with Crippen molar-refractivity contribution in [2.24, 2.45) is 0 Å². The second-order valence-corrected chi connectivity index (χ2v) is 15.1. The molecular weight excluding hydrogens is 618 g/mol. The first kappa shape index (κ1) is 39.4. The number of carbonyl (C=O) groups is 4. The first-order chi connectivity index (χ1) is 21.8. The van der Waals surface area contributed by atoms with E-state index in [1.165, 1.54) is 22.7 Å². The maximum Gasteiger partial charge on any atom is 0.408 e. The molecule has 11 heteroatoms. The summed E-state index contributed by atoms with van der Waals surface area (Å²) >= 11 is 1.51. The maximum atomic E-state index is 14.7. The largest absolute Gasteiger partial charge is 0.508 e. The van der Waals surface area contributed by atoms with Crippen LogP contribution >= 0.6 is 11.8 Å². The third-order valence-electron chi connectivity index (χ3n) is 7.38. The van der Waals surface area contributed by atoms with Gasteiger partial charge in [0.15, 0.2) is 0 Å². The number of nitrogens with zero attached hydrogens (tertiary/aromatic N) is 1. The molecule has 0 saturated heterocycles. The molecule has 2 aromatic rings. The van der Waals surface area contributed by atoms with Gasteiger partial charge < -0.3 is 30.1 Å². The van der Waals surface area contributed by atoms with Gasteiger partial charge in [-0.25, -0.2) is 9.59 Å². The lowest BCUT2D eigenvalue weighted by atomic mass is 9.91. The van der Waals surface area contributed by atoms with Crippen LogP contribution in [0.5, 0.6) is 5.75 Å². The highest BCUT2D eigenvalue weighted by atomic mass is 32.2. The fourth-order valence-electron chi connectivity index (χ4n) is 4.84. The van der Waals surface area contributed by atoms with Crippen LogP contribution in [0, 0.1) is 0 Å². The number of phenolic OH excluding ortho intramolecular Hbond substituents is 1. The van der Waals surface area contributed by atoms with Crippen molar-refractivity contribution >= 4 is 35.6 Å². The summed E-state index contributed by atoms with van der Waals surface area (Å²) in [5, 5.41) is 16.7. The summed E-state index contributed by atoms with van der Waals surface area (Å²) < 4.78 is 11.2. The molecule has 0 radical (unpaired) electrons. The molecule has 3 amide bonds. The Kier molecular flexibility index (Phi) is 14.2. The first-order valence-electron chi connectivity index (χ1n) is 16.0. The minimum atomic E-state index is -1.38. The number of alkyl carbamates (subject to hydrolysis) is 1. The van der Waals surface area contributed by atoms with Gasteiger partial charge in [-0.1, -0.05) is 55.5 Å². The van der Waals surface area contributed by atoms with Crippen molar-refractivity contribution in [3.05, 3.63) is 65.7 Å². The van der Waals surface area contributed by atoms with E-state index in [0.717, 1.165) is 5.56 Å². The number of rotatable bonds is 14. The monoisotopic (exact) mass is 671 g/mol. The summed E-state index contributed by atoms with van der Waals surface area (Å²) in [5.74, 6) is -1.51. The Labute approximate surface area is 284 Å². The normalized spacial score (nSPS) is 13.9. The van der Waals surface area contributed by atoms with Gasteiger partial charge in [0, 0.05) is 17.5 Å². The van der Waals surface area contributed by atoms with Crippen molar-refractivity contribution < 1.29 is 33.8 Å². The van der Waals surface area contributed by atoms with Crippen LogP contribution < -0.4 is 10.6 Å². The number of esters is 1. The third-order valence-corrected chi connectivity index (χ3v) is 8.03. The number of thioether (sulfide) groups is 1. The molecule has 0 heterocycles. The Hall–Kier alpha value is -3.73. The zero-order chi connectivity index (χ0) is 35.6. The fraction of sp³-hybridized carbons (Fsp3) is 0.556. The van der Waals surface area contributed by atoms with E-state index in [-0.39, 0.29) is 24.2 Å². The lowest BCUT2D eigenvalue weighted by molar-refractivity contribution is -0.159. The quantitative estimate of drug-likeness (QED) is 0.203. The Balaban J connectivity index is 2.70. The standard InChI is InChI=1S/C36H53N3O7S/c1-11-36(8,9)39(31(42)26(21-22-47-10)38-33(44)46-35(5,6)7)29(25-19-15-16-20-28(25)40)30(41)37-27(32(43)45-34(2,3)4)23-24-17-13-12-14-18-24/h12-20,26-27,29,40H,11,21-23H2,1-10H3,(H,37,41)(H,38,44). The van der Waals surface area contributed by atoms with E-state index in [1.54, 1.807) is 59.7 Å². The minimum Gasteiger partial charge on any atom is -0.508 e. The van der Waals surface area contributed by atoms with E-state index < -0.39 is 58.7 Å². The van der Waals surface area contributed by atoms with E-state index in [1.807, 2.05) is 57.4 Å². The molecule has 0 bridgehead atoms. The predicted octanol–water partition coefficient (Wildman–Crippen LogP) is 6.17. The molecule has 0 aromatic heterocycles. The second kappa shape index (κ2) is 16.9. The van der Waals surface area contributed by atoms with E-state index in [9.17, 15) is 24.3 Å². The van der Waals surface area contributed by atoms with Crippen LogP contribution in [-0.2, 0) is 30.3 Å². The lowest BCUT2D eigenvalue weighted by Crippen LogP contribution is -2.60. The number of benzene rings is 2. The van der Waals surface area contributed by atoms with E-state index in [4.69, 9.17) is 9.47 Å². The van der Waals surface area contributed by atoms with Crippen molar-refractivity contribution in [1.82, 2.24) is 15.5 Å². The molecule has 3 unspecified atom stereocenters. The summed E-state index contributed by atoms with van der Waals surface area (Å²) in [6, 6.07) is 12.0. The van der Waals surface area contributed by atoms with Crippen LogP contribution in [0.15, 0.2) is 54.6 Å².